The Kier molecular flexibility index (Phi) is 7.48. The van der Waals surface area contributed by atoms with Crippen LogP contribution in [0.15, 0.2) is 229 Å². The maximum atomic E-state index is 7.10. The van der Waals surface area contributed by atoms with Crippen molar-refractivity contribution < 1.29 is 4.42 Å². The number of hydrogen-bond donors (Lipinski definition) is 0. The number of benzene rings is 10. The molecule has 0 saturated carbocycles. The van der Waals surface area contributed by atoms with E-state index in [0.717, 1.165) is 44.6 Å². The first-order valence-electron chi connectivity index (χ1n) is 20.3. The van der Waals surface area contributed by atoms with Gasteiger partial charge in [0, 0.05) is 39.5 Å². The summed E-state index contributed by atoms with van der Waals surface area (Å²) >= 11 is 0. The van der Waals surface area contributed by atoms with Crippen LogP contribution in [0.1, 0.15) is 22.3 Å². The molecule has 0 fully saturated rings. The molecule has 1 heterocycles. The molecular weight excluding hydrogens is 715 g/mol. The first-order valence-corrected chi connectivity index (χ1v) is 20.3. The van der Waals surface area contributed by atoms with E-state index in [1.807, 2.05) is 0 Å². The van der Waals surface area contributed by atoms with E-state index in [0.29, 0.717) is 0 Å². The molecule has 0 amide bonds. The molecule has 276 valence electrons. The lowest BCUT2D eigenvalue weighted by Crippen LogP contribution is -2.28. The zero-order valence-corrected chi connectivity index (χ0v) is 32.2. The monoisotopic (exact) mass is 751 g/mol. The lowest BCUT2D eigenvalue weighted by Gasteiger charge is -2.35. The van der Waals surface area contributed by atoms with E-state index < -0.39 is 5.41 Å². The second-order valence-electron chi connectivity index (χ2n) is 15.6. The molecule has 0 aliphatic heterocycles. The number of furan rings is 1. The number of para-hydroxylation sites is 1. The van der Waals surface area contributed by atoms with Crippen molar-refractivity contribution in [3.63, 3.8) is 0 Å². The molecule has 1 aliphatic rings. The van der Waals surface area contributed by atoms with Gasteiger partial charge in [-0.15, -0.1) is 0 Å². The Morgan fingerprint density at radius 1 is 0.339 bits per heavy atom. The molecule has 0 saturated heterocycles. The van der Waals surface area contributed by atoms with Crippen molar-refractivity contribution in [2.45, 2.75) is 5.41 Å². The van der Waals surface area contributed by atoms with E-state index in [9.17, 15) is 0 Å². The summed E-state index contributed by atoms with van der Waals surface area (Å²) in [6.07, 6.45) is 0. The highest BCUT2D eigenvalue weighted by Crippen LogP contribution is 2.57. The number of rotatable bonds is 6. The summed E-state index contributed by atoms with van der Waals surface area (Å²) in [5.41, 5.74) is 14.3. The quantitative estimate of drug-likeness (QED) is 0.168. The minimum absolute atomic E-state index is 0.504. The second-order valence-corrected chi connectivity index (χ2v) is 15.6. The van der Waals surface area contributed by atoms with Gasteiger partial charge >= 0.3 is 0 Å². The van der Waals surface area contributed by atoms with Crippen LogP contribution in [-0.4, -0.2) is 0 Å². The Balaban J connectivity index is 1.10. The molecule has 2 nitrogen and oxygen atoms in total. The lowest BCUT2D eigenvalue weighted by molar-refractivity contribution is 0.670. The van der Waals surface area contributed by atoms with Gasteiger partial charge in [-0.05, 0) is 103 Å². The van der Waals surface area contributed by atoms with Crippen molar-refractivity contribution in [1.82, 2.24) is 0 Å². The van der Waals surface area contributed by atoms with Gasteiger partial charge in [-0.25, -0.2) is 0 Å². The highest BCUT2D eigenvalue weighted by atomic mass is 16.3. The Bertz CT molecular complexity index is 3340. The molecule has 0 unspecified atom stereocenters. The average Bonchev–Trinajstić information content (AvgIpc) is 3.82. The largest absolute Gasteiger partial charge is 0.455 e. The van der Waals surface area contributed by atoms with Crippen molar-refractivity contribution in [1.29, 1.82) is 0 Å². The van der Waals surface area contributed by atoms with Gasteiger partial charge in [-0.2, -0.15) is 0 Å². The van der Waals surface area contributed by atoms with Crippen molar-refractivity contribution in [2.75, 3.05) is 4.90 Å². The van der Waals surface area contributed by atoms with Crippen molar-refractivity contribution >= 4 is 60.5 Å². The fourth-order valence-corrected chi connectivity index (χ4v) is 10.0. The van der Waals surface area contributed by atoms with Gasteiger partial charge in [0.15, 0.2) is 0 Å². The number of fused-ring (bicyclic) bond motifs is 8. The van der Waals surface area contributed by atoms with E-state index in [4.69, 9.17) is 4.42 Å². The van der Waals surface area contributed by atoms with Gasteiger partial charge in [-0.3, -0.25) is 0 Å². The van der Waals surface area contributed by atoms with Crippen molar-refractivity contribution in [3.8, 4) is 22.3 Å². The Morgan fingerprint density at radius 3 is 1.69 bits per heavy atom. The van der Waals surface area contributed by atoms with Gasteiger partial charge in [0.1, 0.15) is 11.2 Å². The van der Waals surface area contributed by atoms with Crippen LogP contribution in [0.4, 0.5) is 17.1 Å². The number of hydrogen-bond acceptors (Lipinski definition) is 2. The molecule has 12 rings (SSSR count). The van der Waals surface area contributed by atoms with Gasteiger partial charge in [0.05, 0.1) is 5.41 Å². The van der Waals surface area contributed by atoms with Crippen LogP contribution in [-0.2, 0) is 5.41 Å². The summed E-state index contributed by atoms with van der Waals surface area (Å²) in [6, 6.07) is 81.6. The zero-order valence-electron chi connectivity index (χ0n) is 32.2. The summed E-state index contributed by atoms with van der Waals surface area (Å²) in [5, 5.41) is 7.01. The predicted molar refractivity (Wildman–Crippen MR) is 246 cm³/mol. The van der Waals surface area contributed by atoms with E-state index >= 15 is 0 Å². The third kappa shape index (κ3) is 5.00. The molecule has 0 radical (unpaired) electrons. The summed E-state index contributed by atoms with van der Waals surface area (Å²) in [4.78, 5) is 2.37. The minimum atomic E-state index is -0.504. The minimum Gasteiger partial charge on any atom is -0.455 e. The Morgan fingerprint density at radius 2 is 0.915 bits per heavy atom. The van der Waals surface area contributed by atoms with Crippen LogP contribution in [0.2, 0.25) is 0 Å². The van der Waals surface area contributed by atoms with E-state index in [-0.39, 0.29) is 0 Å². The molecule has 1 aromatic heterocycles. The Hall–Kier alpha value is -7.68. The summed E-state index contributed by atoms with van der Waals surface area (Å²) in [7, 11) is 0. The van der Waals surface area contributed by atoms with E-state index in [1.54, 1.807) is 0 Å². The first kappa shape index (κ1) is 33.5. The molecule has 0 N–H and O–H groups in total. The van der Waals surface area contributed by atoms with E-state index in [2.05, 4.69) is 229 Å². The molecule has 0 bridgehead atoms. The molecule has 10 aromatic carbocycles. The standard InChI is InChI=1S/C57H37NO/c1-4-20-40(21-5-1)57(41-22-6-2-7-23-41)52-30-15-14-28-47(52)48-33-31-43(36-53(48)57)58(42-24-8-3-9-25-42)44-32-34-49-51-35-39-18-11-13-27-46(39)55(56(51)59-54(49)37-44)50-29-16-19-38-17-10-12-26-45(38)50/h1-37H. The first-order chi connectivity index (χ1) is 29.3. The van der Waals surface area contributed by atoms with Gasteiger partial charge in [0.2, 0.25) is 0 Å². The topological polar surface area (TPSA) is 16.4 Å². The van der Waals surface area contributed by atoms with Crippen LogP contribution in [0.5, 0.6) is 0 Å². The smallest absolute Gasteiger partial charge is 0.143 e. The predicted octanol–water partition coefficient (Wildman–Crippen LogP) is 15.4. The molecule has 0 atom stereocenters. The van der Waals surface area contributed by atoms with Crippen molar-refractivity contribution in [2.24, 2.45) is 0 Å². The summed E-state index contributed by atoms with van der Waals surface area (Å²) in [5.74, 6) is 0. The molecular formula is C57H37NO. The third-order valence-electron chi connectivity index (χ3n) is 12.5. The van der Waals surface area contributed by atoms with Crippen LogP contribution in [0.3, 0.4) is 0 Å². The molecule has 1 aliphatic carbocycles. The van der Waals surface area contributed by atoms with Gasteiger partial charge < -0.3 is 9.32 Å². The SMILES string of the molecule is c1ccc(N(c2ccc3c(c2)C(c2ccccc2)(c2ccccc2)c2ccccc2-3)c2ccc3c(c2)oc2c(-c4cccc5ccccc45)c4ccccc4cc23)cc1. The van der Waals surface area contributed by atoms with Gasteiger partial charge in [0.25, 0.3) is 0 Å². The molecule has 59 heavy (non-hydrogen) atoms. The second kappa shape index (κ2) is 13.2. The molecule has 11 aromatic rings. The normalized spacial score (nSPS) is 12.9. The van der Waals surface area contributed by atoms with Crippen LogP contribution >= 0.6 is 0 Å². The molecule has 2 heteroatoms. The van der Waals surface area contributed by atoms with Crippen LogP contribution in [0, 0.1) is 0 Å². The summed E-state index contributed by atoms with van der Waals surface area (Å²) < 4.78 is 7.10. The molecule has 0 spiro atoms. The number of anilines is 3. The Labute approximate surface area is 342 Å². The fraction of sp³-hybridized carbons (Fsp3) is 0.0175. The summed E-state index contributed by atoms with van der Waals surface area (Å²) in [6.45, 7) is 0. The van der Waals surface area contributed by atoms with E-state index in [1.165, 1.54) is 60.5 Å². The fourth-order valence-electron chi connectivity index (χ4n) is 10.0. The average molecular weight is 752 g/mol. The third-order valence-corrected chi connectivity index (χ3v) is 12.5. The van der Waals surface area contributed by atoms with Crippen molar-refractivity contribution in [3.05, 3.63) is 247 Å². The highest BCUT2D eigenvalue weighted by molar-refractivity contribution is 6.21. The lowest BCUT2D eigenvalue weighted by atomic mass is 9.67. The van der Waals surface area contributed by atoms with Crippen LogP contribution in [0.25, 0.3) is 65.7 Å². The number of nitrogens with zero attached hydrogens (tertiary/aromatic N) is 1. The zero-order chi connectivity index (χ0) is 38.9. The maximum absolute atomic E-state index is 7.10. The maximum Gasteiger partial charge on any atom is 0.143 e. The van der Waals surface area contributed by atoms with Gasteiger partial charge in [-0.1, -0.05) is 176 Å². The van der Waals surface area contributed by atoms with Crippen LogP contribution < -0.4 is 4.90 Å². The highest BCUT2D eigenvalue weighted by Gasteiger charge is 2.46.